The summed E-state index contributed by atoms with van der Waals surface area (Å²) in [6.07, 6.45) is 2.79. The Balaban J connectivity index is 1.94. The zero-order chi connectivity index (χ0) is 18.4. The lowest BCUT2D eigenvalue weighted by Crippen LogP contribution is -2.22. The number of hydrogen-bond acceptors (Lipinski definition) is 6. The van der Waals surface area contributed by atoms with Crippen molar-refractivity contribution in [2.75, 3.05) is 11.9 Å². The van der Waals surface area contributed by atoms with Crippen molar-refractivity contribution in [3.05, 3.63) is 38.4 Å². The van der Waals surface area contributed by atoms with Crippen molar-refractivity contribution in [3.8, 4) is 0 Å². The topological polar surface area (TPSA) is 98.5 Å². The van der Waals surface area contributed by atoms with Crippen LogP contribution in [0, 0.1) is 0 Å². The molecule has 0 spiro atoms. The molecule has 0 radical (unpaired) electrons. The Hall–Kier alpha value is -2.19. The molecule has 2 amide bonds. The van der Waals surface area contributed by atoms with E-state index >= 15 is 0 Å². The minimum Gasteiger partial charge on any atom is -0.451 e. The van der Waals surface area contributed by atoms with Crippen molar-refractivity contribution in [3.63, 3.8) is 0 Å². The summed E-state index contributed by atoms with van der Waals surface area (Å²) in [5, 5.41) is 4.53. The predicted molar refractivity (Wildman–Crippen MR) is 99.4 cm³/mol. The molecule has 2 heterocycles. The largest absolute Gasteiger partial charge is 0.451 e. The van der Waals surface area contributed by atoms with Crippen molar-refractivity contribution < 1.29 is 19.1 Å². The third kappa shape index (κ3) is 4.90. The molecule has 2 aromatic rings. The van der Waals surface area contributed by atoms with Crippen molar-refractivity contribution in [1.29, 1.82) is 0 Å². The molecule has 0 aliphatic carbocycles. The molecule has 3 N–H and O–H groups in total. The number of primary amides is 1. The summed E-state index contributed by atoms with van der Waals surface area (Å²) in [7, 11) is 0. The van der Waals surface area contributed by atoms with Crippen LogP contribution in [0.2, 0.25) is 0 Å². The quantitative estimate of drug-likeness (QED) is 0.687. The second-order valence-corrected chi connectivity index (χ2v) is 7.37. The fourth-order valence-electron chi connectivity index (χ4n) is 2.27. The fraction of sp³-hybridized carbons (Fsp3) is 0.353. The molecule has 25 heavy (non-hydrogen) atoms. The molecule has 0 bridgehead atoms. The third-order valence-corrected chi connectivity index (χ3v) is 5.52. The number of amides is 2. The third-order valence-electron chi connectivity index (χ3n) is 3.47. The monoisotopic (exact) mass is 380 g/mol. The van der Waals surface area contributed by atoms with Gasteiger partial charge in [0, 0.05) is 4.88 Å². The molecule has 2 aromatic heterocycles. The number of nitrogens with two attached hydrogens (primary N) is 1. The Morgan fingerprint density at radius 3 is 2.68 bits per heavy atom. The lowest BCUT2D eigenvalue weighted by molar-refractivity contribution is -0.119. The van der Waals surface area contributed by atoms with Crippen LogP contribution >= 0.6 is 22.7 Å². The highest BCUT2D eigenvalue weighted by Gasteiger charge is 2.17. The van der Waals surface area contributed by atoms with Gasteiger partial charge in [0.1, 0.15) is 9.88 Å². The van der Waals surface area contributed by atoms with Gasteiger partial charge in [-0.25, -0.2) is 4.79 Å². The molecule has 134 valence electrons. The van der Waals surface area contributed by atoms with E-state index in [0.29, 0.717) is 9.88 Å². The van der Waals surface area contributed by atoms with Crippen molar-refractivity contribution >= 4 is 45.5 Å². The molecule has 0 fully saturated rings. The Bertz CT molecular complexity index is 779. The van der Waals surface area contributed by atoms with Crippen LogP contribution in [-0.2, 0) is 22.4 Å². The van der Waals surface area contributed by atoms with Crippen molar-refractivity contribution in [2.24, 2.45) is 5.73 Å². The first-order valence-corrected chi connectivity index (χ1v) is 9.61. The summed E-state index contributed by atoms with van der Waals surface area (Å²) in [6.45, 7) is 3.71. The standard InChI is InChI=1S/C17H20N2O4S2/c1-3-5-12-10(4-2)8-13(25-12)17(22)23-9-14(20)19-16-11(15(18)21)6-7-24-16/h6-8H,3-5,9H2,1-2H3,(H2,18,21)(H,19,20). The van der Waals surface area contributed by atoms with Gasteiger partial charge in [0.2, 0.25) is 0 Å². The van der Waals surface area contributed by atoms with Crippen molar-refractivity contribution in [1.82, 2.24) is 0 Å². The lowest BCUT2D eigenvalue weighted by Gasteiger charge is -2.05. The SMILES string of the molecule is CCCc1sc(C(=O)OCC(=O)Nc2sccc2C(N)=O)cc1CC. The Morgan fingerprint density at radius 1 is 1.28 bits per heavy atom. The summed E-state index contributed by atoms with van der Waals surface area (Å²) < 4.78 is 5.08. The number of carbonyl (C=O) groups excluding carboxylic acids is 3. The van der Waals surface area contributed by atoms with Crippen LogP contribution in [0.25, 0.3) is 0 Å². The van der Waals surface area contributed by atoms with Crippen molar-refractivity contribution in [2.45, 2.75) is 33.1 Å². The number of hydrogen-bond donors (Lipinski definition) is 2. The Kier molecular flexibility index (Phi) is 6.72. The summed E-state index contributed by atoms with van der Waals surface area (Å²) in [6, 6.07) is 3.36. The highest BCUT2D eigenvalue weighted by molar-refractivity contribution is 7.15. The molecule has 2 rings (SSSR count). The molecule has 0 saturated heterocycles. The van der Waals surface area contributed by atoms with E-state index in [0.717, 1.165) is 24.8 Å². The fourth-order valence-corrected chi connectivity index (χ4v) is 4.33. The molecule has 0 aromatic carbocycles. The van der Waals surface area contributed by atoms with E-state index in [4.69, 9.17) is 10.5 Å². The maximum absolute atomic E-state index is 12.1. The maximum atomic E-state index is 12.1. The average molecular weight is 380 g/mol. The van der Waals surface area contributed by atoms with Gasteiger partial charge in [-0.3, -0.25) is 9.59 Å². The Labute approximate surface area is 154 Å². The van der Waals surface area contributed by atoms with E-state index < -0.39 is 24.4 Å². The highest BCUT2D eigenvalue weighted by atomic mass is 32.1. The highest BCUT2D eigenvalue weighted by Crippen LogP contribution is 2.25. The number of thiophene rings is 2. The maximum Gasteiger partial charge on any atom is 0.348 e. The molecule has 0 atom stereocenters. The van der Waals surface area contributed by atoms with Gasteiger partial charge < -0.3 is 15.8 Å². The van der Waals surface area contributed by atoms with Gasteiger partial charge in [-0.2, -0.15) is 0 Å². The average Bonchev–Trinajstić information content (AvgIpc) is 3.19. The Morgan fingerprint density at radius 2 is 2.04 bits per heavy atom. The second-order valence-electron chi connectivity index (χ2n) is 5.31. The molecular formula is C17H20N2O4S2. The number of anilines is 1. The lowest BCUT2D eigenvalue weighted by atomic mass is 10.1. The van der Waals surface area contributed by atoms with E-state index in [-0.39, 0.29) is 5.56 Å². The number of aryl methyl sites for hydroxylation is 2. The number of esters is 1. The van der Waals surface area contributed by atoms with E-state index in [1.165, 1.54) is 33.6 Å². The number of rotatable bonds is 8. The van der Waals surface area contributed by atoms with E-state index in [9.17, 15) is 14.4 Å². The van der Waals surface area contributed by atoms with Crippen LogP contribution in [0.4, 0.5) is 5.00 Å². The number of ether oxygens (including phenoxy) is 1. The van der Waals surface area contributed by atoms with Crippen LogP contribution in [0.3, 0.4) is 0 Å². The zero-order valence-electron chi connectivity index (χ0n) is 14.1. The van der Waals surface area contributed by atoms with E-state index in [1.807, 2.05) is 13.0 Å². The molecule has 6 nitrogen and oxygen atoms in total. The summed E-state index contributed by atoms with van der Waals surface area (Å²) in [5.41, 5.74) is 6.60. The minimum absolute atomic E-state index is 0.236. The molecule has 8 heteroatoms. The molecule has 0 unspecified atom stereocenters. The number of nitrogens with one attached hydrogen (secondary N) is 1. The van der Waals surface area contributed by atoms with Gasteiger partial charge in [0.25, 0.3) is 11.8 Å². The van der Waals surface area contributed by atoms with Crippen LogP contribution in [0.15, 0.2) is 17.5 Å². The first-order chi connectivity index (χ1) is 12.0. The van der Waals surface area contributed by atoms with Gasteiger partial charge >= 0.3 is 5.97 Å². The summed E-state index contributed by atoms with van der Waals surface area (Å²) in [5.74, 6) is -1.65. The molecule has 0 aliphatic rings. The van der Waals surface area contributed by atoms with Crippen LogP contribution < -0.4 is 11.1 Å². The second kappa shape index (κ2) is 8.77. The van der Waals surface area contributed by atoms with E-state index in [2.05, 4.69) is 12.2 Å². The molecule has 0 aliphatic heterocycles. The summed E-state index contributed by atoms with van der Waals surface area (Å²) in [4.78, 5) is 37.0. The molecular weight excluding hydrogens is 360 g/mol. The summed E-state index contributed by atoms with van der Waals surface area (Å²) >= 11 is 2.59. The van der Waals surface area contributed by atoms with Crippen LogP contribution in [-0.4, -0.2) is 24.4 Å². The van der Waals surface area contributed by atoms with E-state index in [1.54, 1.807) is 5.38 Å². The van der Waals surface area contributed by atoms with Gasteiger partial charge in [-0.15, -0.1) is 22.7 Å². The smallest absolute Gasteiger partial charge is 0.348 e. The van der Waals surface area contributed by atoms with Gasteiger partial charge in [0.05, 0.1) is 5.56 Å². The molecule has 0 saturated carbocycles. The predicted octanol–water partition coefficient (Wildman–Crippen LogP) is 3.22. The van der Waals surface area contributed by atoms with Crippen LogP contribution in [0.5, 0.6) is 0 Å². The van der Waals surface area contributed by atoms with Gasteiger partial charge in [0.15, 0.2) is 6.61 Å². The van der Waals surface area contributed by atoms with Crippen LogP contribution in [0.1, 0.15) is 50.7 Å². The first-order valence-electron chi connectivity index (χ1n) is 7.92. The minimum atomic E-state index is -0.623. The van der Waals surface area contributed by atoms with Gasteiger partial charge in [-0.05, 0) is 35.9 Å². The van der Waals surface area contributed by atoms with Gasteiger partial charge in [-0.1, -0.05) is 20.3 Å². The normalized spacial score (nSPS) is 10.5. The number of carbonyl (C=O) groups is 3. The zero-order valence-corrected chi connectivity index (χ0v) is 15.7. The first kappa shape index (κ1) is 19.1.